The van der Waals surface area contributed by atoms with Gasteiger partial charge in [-0.05, 0) is 31.1 Å². The summed E-state index contributed by atoms with van der Waals surface area (Å²) in [4.78, 5) is 15.9. The molecule has 2 fully saturated rings. The van der Waals surface area contributed by atoms with E-state index in [2.05, 4.69) is 4.98 Å². The summed E-state index contributed by atoms with van der Waals surface area (Å²) < 4.78 is 0. The third kappa shape index (κ3) is 1.39. The normalized spacial score (nSPS) is 36.8. The molecule has 1 heterocycles. The van der Waals surface area contributed by atoms with Crippen LogP contribution in [-0.2, 0) is 11.2 Å². The lowest BCUT2D eigenvalue weighted by Gasteiger charge is -2.32. The summed E-state index contributed by atoms with van der Waals surface area (Å²) in [5.74, 6) is 0.440. The molecule has 3 rings (SSSR count). The number of thiazole rings is 1. The Kier molecular flexibility index (Phi) is 2.28. The molecule has 0 aliphatic heterocycles. The third-order valence-corrected chi connectivity index (χ3v) is 5.13. The second kappa shape index (κ2) is 3.55. The smallest absolute Gasteiger partial charge is 0.310 e. The first-order valence-electron chi connectivity index (χ1n) is 5.82. The largest absolute Gasteiger partial charge is 0.481 e. The molecule has 2 aliphatic carbocycles. The van der Waals surface area contributed by atoms with Gasteiger partial charge in [-0.1, -0.05) is 6.42 Å². The molecule has 0 aromatic carbocycles. The fourth-order valence-corrected chi connectivity index (χ4v) is 4.35. The highest BCUT2D eigenvalue weighted by molar-refractivity contribution is 7.09. The van der Waals surface area contributed by atoms with Gasteiger partial charge in [-0.3, -0.25) is 4.79 Å². The average Bonchev–Trinajstić information content (AvgIpc) is 2.92. The van der Waals surface area contributed by atoms with Crippen LogP contribution < -0.4 is 0 Å². The second-order valence-corrected chi connectivity index (χ2v) is 6.12. The summed E-state index contributed by atoms with van der Waals surface area (Å²) in [6.45, 7) is 0. The van der Waals surface area contributed by atoms with Gasteiger partial charge in [-0.25, -0.2) is 4.98 Å². The van der Waals surface area contributed by atoms with Crippen molar-refractivity contribution in [2.45, 2.75) is 32.1 Å². The molecule has 3 nitrogen and oxygen atoms in total. The Morgan fingerprint density at radius 3 is 3.00 bits per heavy atom. The number of aromatic nitrogens is 1. The molecule has 2 saturated carbocycles. The van der Waals surface area contributed by atoms with Gasteiger partial charge in [0.2, 0.25) is 0 Å². The van der Waals surface area contributed by atoms with E-state index < -0.39 is 11.4 Å². The van der Waals surface area contributed by atoms with Gasteiger partial charge in [0.1, 0.15) is 0 Å². The number of aliphatic carboxylic acids is 1. The van der Waals surface area contributed by atoms with Gasteiger partial charge < -0.3 is 5.11 Å². The van der Waals surface area contributed by atoms with E-state index in [1.165, 1.54) is 6.42 Å². The van der Waals surface area contributed by atoms with Crippen LogP contribution in [0.3, 0.4) is 0 Å². The number of rotatable bonds is 3. The zero-order valence-electron chi connectivity index (χ0n) is 9.06. The molecule has 0 amide bonds. The second-order valence-electron chi connectivity index (χ2n) is 5.14. The topological polar surface area (TPSA) is 50.2 Å². The zero-order valence-corrected chi connectivity index (χ0v) is 9.87. The van der Waals surface area contributed by atoms with Crippen LogP contribution >= 0.6 is 11.3 Å². The van der Waals surface area contributed by atoms with E-state index in [-0.39, 0.29) is 0 Å². The first-order chi connectivity index (χ1) is 7.71. The number of carbonyl (C=O) groups is 1. The number of carboxylic acids is 1. The molecular formula is C12H15NO2S. The maximum Gasteiger partial charge on any atom is 0.310 e. The molecule has 2 aliphatic rings. The van der Waals surface area contributed by atoms with Crippen molar-refractivity contribution in [3.63, 3.8) is 0 Å². The first-order valence-corrected chi connectivity index (χ1v) is 6.70. The third-order valence-electron chi connectivity index (χ3n) is 4.35. The fraction of sp³-hybridized carbons (Fsp3) is 0.667. The van der Waals surface area contributed by atoms with Crippen molar-refractivity contribution in [1.29, 1.82) is 0 Å². The number of hydrogen-bond acceptors (Lipinski definition) is 3. The van der Waals surface area contributed by atoms with Crippen molar-refractivity contribution in [3.05, 3.63) is 16.6 Å². The van der Waals surface area contributed by atoms with Crippen LogP contribution in [0, 0.1) is 17.3 Å². The molecular weight excluding hydrogens is 222 g/mol. The van der Waals surface area contributed by atoms with E-state index in [9.17, 15) is 9.90 Å². The fourth-order valence-electron chi connectivity index (χ4n) is 3.61. The van der Waals surface area contributed by atoms with Gasteiger partial charge in [0, 0.05) is 18.0 Å². The molecule has 3 atom stereocenters. The molecule has 0 spiro atoms. The van der Waals surface area contributed by atoms with E-state index in [4.69, 9.17) is 0 Å². The summed E-state index contributed by atoms with van der Waals surface area (Å²) in [7, 11) is 0. The standard InChI is InChI=1S/C12H15NO2S/c14-11(15)12(7-10-13-3-4-16-10)6-8-1-2-9(12)5-8/h3-4,8-9H,1-2,5-7H2,(H,14,15). The molecule has 3 unspecified atom stereocenters. The highest BCUT2D eigenvalue weighted by Crippen LogP contribution is 2.57. The quantitative estimate of drug-likeness (QED) is 0.879. The van der Waals surface area contributed by atoms with Gasteiger partial charge >= 0.3 is 5.97 Å². The van der Waals surface area contributed by atoms with Crippen LogP contribution in [-0.4, -0.2) is 16.1 Å². The zero-order chi connectivity index (χ0) is 11.2. The van der Waals surface area contributed by atoms with E-state index in [1.54, 1.807) is 17.5 Å². The van der Waals surface area contributed by atoms with Gasteiger partial charge in [0.25, 0.3) is 0 Å². The van der Waals surface area contributed by atoms with Crippen LogP contribution in [0.5, 0.6) is 0 Å². The van der Waals surface area contributed by atoms with Gasteiger partial charge in [0.05, 0.1) is 10.4 Å². The summed E-state index contributed by atoms with van der Waals surface area (Å²) in [5, 5.41) is 12.5. The number of fused-ring (bicyclic) bond motifs is 2. The van der Waals surface area contributed by atoms with E-state index in [0.717, 1.165) is 24.3 Å². The van der Waals surface area contributed by atoms with Crippen LogP contribution in [0.2, 0.25) is 0 Å². The van der Waals surface area contributed by atoms with Crippen LogP contribution in [0.4, 0.5) is 0 Å². The molecule has 0 radical (unpaired) electrons. The maximum absolute atomic E-state index is 11.6. The SMILES string of the molecule is O=C(O)C1(Cc2nccs2)CC2CCC1C2. The van der Waals surface area contributed by atoms with Crippen molar-refractivity contribution in [1.82, 2.24) is 4.98 Å². The Balaban J connectivity index is 1.89. The molecule has 86 valence electrons. The average molecular weight is 237 g/mol. The highest BCUT2D eigenvalue weighted by atomic mass is 32.1. The minimum atomic E-state index is -0.602. The van der Waals surface area contributed by atoms with E-state index in [1.807, 2.05) is 5.38 Å². The number of carboxylic acid groups (broad SMARTS) is 1. The summed E-state index contributed by atoms with van der Waals surface area (Å²) in [6.07, 6.45) is 6.73. The summed E-state index contributed by atoms with van der Waals surface area (Å²) >= 11 is 1.58. The lowest BCUT2D eigenvalue weighted by molar-refractivity contribution is -0.152. The molecule has 0 saturated heterocycles. The van der Waals surface area contributed by atoms with Crippen LogP contribution in [0.15, 0.2) is 11.6 Å². The van der Waals surface area contributed by atoms with Crippen molar-refractivity contribution in [2.24, 2.45) is 17.3 Å². The summed E-state index contributed by atoms with van der Waals surface area (Å²) in [5.41, 5.74) is -0.499. The minimum Gasteiger partial charge on any atom is -0.481 e. The summed E-state index contributed by atoms with van der Waals surface area (Å²) in [6, 6.07) is 0. The molecule has 2 bridgehead atoms. The van der Waals surface area contributed by atoms with Gasteiger partial charge in [0.15, 0.2) is 0 Å². The molecule has 4 heteroatoms. The minimum absolute atomic E-state index is 0.388. The highest BCUT2D eigenvalue weighted by Gasteiger charge is 2.55. The lowest BCUT2D eigenvalue weighted by Crippen LogP contribution is -2.38. The Labute approximate surface area is 98.5 Å². The predicted octanol–water partition coefficient (Wildman–Crippen LogP) is 2.58. The van der Waals surface area contributed by atoms with Crippen molar-refractivity contribution in [2.75, 3.05) is 0 Å². The van der Waals surface area contributed by atoms with Crippen LogP contribution in [0.1, 0.15) is 30.7 Å². The van der Waals surface area contributed by atoms with Crippen LogP contribution in [0.25, 0.3) is 0 Å². The molecule has 1 aromatic rings. The first kappa shape index (κ1) is 10.3. The molecule has 16 heavy (non-hydrogen) atoms. The van der Waals surface area contributed by atoms with E-state index in [0.29, 0.717) is 18.3 Å². The van der Waals surface area contributed by atoms with E-state index >= 15 is 0 Å². The Hall–Kier alpha value is -0.900. The van der Waals surface area contributed by atoms with Crippen molar-refractivity contribution >= 4 is 17.3 Å². The maximum atomic E-state index is 11.6. The molecule has 1 N–H and O–H groups in total. The van der Waals surface area contributed by atoms with Crippen molar-refractivity contribution in [3.8, 4) is 0 Å². The molecule has 1 aromatic heterocycles. The predicted molar refractivity (Wildman–Crippen MR) is 61.3 cm³/mol. The Morgan fingerprint density at radius 2 is 2.50 bits per heavy atom. The lowest BCUT2D eigenvalue weighted by atomic mass is 9.71. The number of hydrogen-bond donors (Lipinski definition) is 1. The monoisotopic (exact) mass is 237 g/mol. The Morgan fingerprint density at radius 1 is 1.62 bits per heavy atom. The van der Waals surface area contributed by atoms with Crippen molar-refractivity contribution < 1.29 is 9.90 Å². The van der Waals surface area contributed by atoms with Gasteiger partial charge in [-0.15, -0.1) is 11.3 Å². The van der Waals surface area contributed by atoms with Gasteiger partial charge in [-0.2, -0.15) is 0 Å². The number of nitrogens with zero attached hydrogens (tertiary/aromatic N) is 1. The Bertz CT molecular complexity index is 403.